The van der Waals surface area contributed by atoms with E-state index in [1.807, 2.05) is 30.3 Å². The highest BCUT2D eigenvalue weighted by Crippen LogP contribution is 2.32. The van der Waals surface area contributed by atoms with Gasteiger partial charge >= 0.3 is 18.0 Å². The number of carbonyl (C=O) groups excluding carboxylic acids is 3. The smallest absolute Gasteiger partial charge is 0.426 e. The third-order valence-corrected chi connectivity index (χ3v) is 6.26. The van der Waals surface area contributed by atoms with Gasteiger partial charge in [-0.05, 0) is 49.3 Å². The maximum atomic E-state index is 12.3. The summed E-state index contributed by atoms with van der Waals surface area (Å²) in [7, 11) is 0. The number of hydrogen-bond acceptors (Lipinski definition) is 6. The average molecular weight is 463 g/mol. The quantitative estimate of drug-likeness (QED) is 0.298. The summed E-state index contributed by atoms with van der Waals surface area (Å²) < 4.78 is 10.0. The molecule has 178 valence electrons. The second-order valence-corrected chi connectivity index (χ2v) is 8.72. The van der Waals surface area contributed by atoms with Gasteiger partial charge in [0.25, 0.3) is 0 Å². The number of rotatable bonds is 5. The summed E-state index contributed by atoms with van der Waals surface area (Å²) in [6.07, 6.45) is 7.27. The van der Waals surface area contributed by atoms with E-state index in [1.165, 1.54) is 5.56 Å². The molecule has 1 atom stereocenters. The highest BCUT2D eigenvalue weighted by Gasteiger charge is 2.28. The van der Waals surface area contributed by atoms with E-state index >= 15 is 0 Å². The van der Waals surface area contributed by atoms with Gasteiger partial charge in [-0.2, -0.15) is 0 Å². The summed E-state index contributed by atoms with van der Waals surface area (Å²) >= 11 is 0. The molecular formula is C27H30N2O5. The van der Waals surface area contributed by atoms with Crippen molar-refractivity contribution >= 4 is 23.7 Å². The van der Waals surface area contributed by atoms with Crippen LogP contribution in [0.4, 0.5) is 10.5 Å². The minimum Gasteiger partial charge on any atom is -0.454 e. The number of likely N-dealkylation sites (tertiary alicyclic amines) is 1. The largest absolute Gasteiger partial charge is 0.454 e. The zero-order chi connectivity index (χ0) is 23.8. The molecule has 1 saturated heterocycles. The molecule has 0 saturated carbocycles. The molecule has 1 unspecified atom stereocenters. The van der Waals surface area contributed by atoms with Crippen LogP contribution >= 0.6 is 0 Å². The standard InChI is InChI=1S/C27H30N2O5/c30-25(33-22-15-17-29(18-16-22)19-20-9-3-1-4-10-20)26(31)34-27(32)28-24-14-8-7-13-23(24)21-11-5-2-6-12-21/h1,3-5,7-11,13-14,21-22H,2,6,12,15-19H2,(H,28,32). The van der Waals surface area contributed by atoms with Crippen molar-refractivity contribution in [2.24, 2.45) is 0 Å². The minimum atomic E-state index is -1.31. The number of ether oxygens (including phenoxy) is 2. The van der Waals surface area contributed by atoms with Crippen molar-refractivity contribution in [3.05, 3.63) is 77.9 Å². The second kappa shape index (κ2) is 11.6. The topological polar surface area (TPSA) is 84.9 Å². The first-order chi connectivity index (χ1) is 16.6. The van der Waals surface area contributed by atoms with Gasteiger partial charge < -0.3 is 9.47 Å². The summed E-state index contributed by atoms with van der Waals surface area (Å²) in [4.78, 5) is 38.9. The van der Waals surface area contributed by atoms with Crippen LogP contribution in [0.5, 0.6) is 0 Å². The molecule has 7 nitrogen and oxygen atoms in total. The van der Waals surface area contributed by atoms with E-state index in [0.717, 1.165) is 44.5 Å². The maximum absolute atomic E-state index is 12.3. The SMILES string of the molecule is O=C(Nc1ccccc1C1C=CCCC1)OC(=O)C(=O)OC1CCN(Cc2ccccc2)CC1. The molecule has 0 aromatic heterocycles. The molecule has 1 aliphatic carbocycles. The minimum absolute atomic E-state index is 0.193. The second-order valence-electron chi connectivity index (χ2n) is 8.72. The van der Waals surface area contributed by atoms with E-state index in [-0.39, 0.29) is 12.0 Å². The van der Waals surface area contributed by atoms with Gasteiger partial charge in [-0.3, -0.25) is 10.2 Å². The molecule has 1 N–H and O–H groups in total. The van der Waals surface area contributed by atoms with Crippen LogP contribution in [0.15, 0.2) is 66.7 Å². The molecule has 1 aliphatic heterocycles. The molecule has 2 aromatic carbocycles. The van der Waals surface area contributed by atoms with Gasteiger partial charge in [-0.15, -0.1) is 0 Å². The zero-order valence-corrected chi connectivity index (χ0v) is 19.2. The third-order valence-electron chi connectivity index (χ3n) is 6.26. The van der Waals surface area contributed by atoms with Crippen LogP contribution in [0.25, 0.3) is 0 Å². The van der Waals surface area contributed by atoms with Crippen molar-refractivity contribution in [2.75, 3.05) is 18.4 Å². The summed E-state index contributed by atoms with van der Waals surface area (Å²) in [5.74, 6) is -2.25. The lowest BCUT2D eigenvalue weighted by molar-refractivity contribution is -0.168. The molecule has 0 radical (unpaired) electrons. The normalized spacial score (nSPS) is 18.8. The molecule has 2 aliphatic rings. The first-order valence-electron chi connectivity index (χ1n) is 11.8. The number of amides is 1. The fourth-order valence-electron chi connectivity index (χ4n) is 4.49. The Morgan fingerprint density at radius 2 is 1.65 bits per heavy atom. The van der Waals surface area contributed by atoms with Crippen LogP contribution in [0, 0.1) is 0 Å². The Morgan fingerprint density at radius 1 is 0.912 bits per heavy atom. The van der Waals surface area contributed by atoms with E-state index in [9.17, 15) is 14.4 Å². The summed E-state index contributed by atoms with van der Waals surface area (Å²) in [6.45, 7) is 2.35. The number of benzene rings is 2. The average Bonchev–Trinajstić information content (AvgIpc) is 2.86. The summed E-state index contributed by atoms with van der Waals surface area (Å²) in [5.41, 5.74) is 2.75. The number of nitrogens with zero attached hydrogens (tertiary/aromatic N) is 1. The van der Waals surface area contributed by atoms with Crippen molar-refractivity contribution < 1.29 is 23.9 Å². The fourth-order valence-corrected chi connectivity index (χ4v) is 4.49. The van der Waals surface area contributed by atoms with Crippen LogP contribution in [0.1, 0.15) is 49.1 Å². The number of nitrogens with one attached hydrogen (secondary N) is 1. The molecular weight excluding hydrogens is 432 g/mol. The number of carbonyl (C=O) groups is 3. The summed E-state index contributed by atoms with van der Waals surface area (Å²) in [6, 6.07) is 17.6. The van der Waals surface area contributed by atoms with Crippen molar-refractivity contribution in [1.82, 2.24) is 4.90 Å². The lowest BCUT2D eigenvalue weighted by Gasteiger charge is -2.31. The maximum Gasteiger partial charge on any atom is 0.426 e. The highest BCUT2D eigenvalue weighted by molar-refractivity contribution is 6.31. The van der Waals surface area contributed by atoms with E-state index in [1.54, 1.807) is 12.1 Å². The van der Waals surface area contributed by atoms with Gasteiger partial charge in [-0.25, -0.2) is 14.4 Å². The molecule has 4 rings (SSSR count). The number of allylic oxidation sites excluding steroid dienone is 2. The van der Waals surface area contributed by atoms with Crippen molar-refractivity contribution in [3.63, 3.8) is 0 Å². The first-order valence-corrected chi connectivity index (χ1v) is 11.8. The van der Waals surface area contributed by atoms with Crippen molar-refractivity contribution in [1.29, 1.82) is 0 Å². The zero-order valence-electron chi connectivity index (χ0n) is 19.2. The number of anilines is 1. The Labute approximate surface area is 199 Å². The van der Waals surface area contributed by atoms with Crippen LogP contribution < -0.4 is 5.32 Å². The summed E-state index contributed by atoms with van der Waals surface area (Å²) in [5, 5.41) is 2.60. The third kappa shape index (κ3) is 6.54. The molecule has 1 fully saturated rings. The molecule has 0 bridgehead atoms. The van der Waals surface area contributed by atoms with Gasteiger partial charge in [0, 0.05) is 31.2 Å². The Bertz CT molecular complexity index is 1030. The lowest BCUT2D eigenvalue weighted by Crippen LogP contribution is -2.39. The van der Waals surface area contributed by atoms with E-state index in [2.05, 4.69) is 34.5 Å². The predicted molar refractivity (Wildman–Crippen MR) is 128 cm³/mol. The van der Waals surface area contributed by atoms with E-state index in [4.69, 9.17) is 9.47 Å². The first kappa shape index (κ1) is 23.7. The lowest BCUT2D eigenvalue weighted by atomic mass is 9.88. The van der Waals surface area contributed by atoms with Gasteiger partial charge in [0.05, 0.1) is 0 Å². The highest BCUT2D eigenvalue weighted by atomic mass is 16.6. The molecule has 1 amide bonds. The van der Waals surface area contributed by atoms with Crippen LogP contribution in [0.2, 0.25) is 0 Å². The molecule has 2 aromatic rings. The molecule has 1 heterocycles. The van der Waals surface area contributed by atoms with E-state index in [0.29, 0.717) is 18.5 Å². The Balaban J connectivity index is 1.23. The number of piperidine rings is 1. The molecule has 7 heteroatoms. The number of hydrogen-bond donors (Lipinski definition) is 1. The Morgan fingerprint density at radius 3 is 2.38 bits per heavy atom. The molecule has 34 heavy (non-hydrogen) atoms. The Kier molecular flexibility index (Phi) is 8.09. The van der Waals surface area contributed by atoms with E-state index < -0.39 is 18.0 Å². The van der Waals surface area contributed by atoms with Crippen LogP contribution in [-0.4, -0.2) is 42.1 Å². The monoisotopic (exact) mass is 462 g/mol. The fraction of sp³-hybridized carbons (Fsp3) is 0.370. The number of para-hydroxylation sites is 1. The number of esters is 2. The van der Waals surface area contributed by atoms with Crippen molar-refractivity contribution in [2.45, 2.75) is 50.7 Å². The van der Waals surface area contributed by atoms with Gasteiger partial charge in [0.2, 0.25) is 0 Å². The predicted octanol–water partition coefficient (Wildman–Crippen LogP) is 4.79. The van der Waals surface area contributed by atoms with Crippen LogP contribution in [0.3, 0.4) is 0 Å². The Hall–Kier alpha value is -3.45. The van der Waals surface area contributed by atoms with Gasteiger partial charge in [0.1, 0.15) is 6.10 Å². The van der Waals surface area contributed by atoms with Crippen LogP contribution in [-0.2, 0) is 25.6 Å². The molecule has 0 spiro atoms. The van der Waals surface area contributed by atoms with Gasteiger partial charge in [0.15, 0.2) is 0 Å². The van der Waals surface area contributed by atoms with Crippen molar-refractivity contribution in [3.8, 4) is 0 Å². The van der Waals surface area contributed by atoms with Gasteiger partial charge in [-0.1, -0.05) is 60.7 Å².